The number of aliphatic carboxylic acids is 2. The van der Waals surface area contributed by atoms with Gasteiger partial charge < -0.3 is 14.9 Å². The van der Waals surface area contributed by atoms with E-state index in [-0.39, 0.29) is 9.23 Å². The number of hydrogen-bond acceptors (Lipinski definition) is 6. The number of carbonyl (C=O) groups is 3. The van der Waals surface area contributed by atoms with Gasteiger partial charge in [-0.3, -0.25) is 14.5 Å². The molecular weight excluding hydrogens is 378 g/mol. The zero-order chi connectivity index (χ0) is 19.3. The number of carboxylic acid groups (broad SMARTS) is 2. The maximum absolute atomic E-state index is 12.5. The summed E-state index contributed by atoms with van der Waals surface area (Å²) in [5, 5.41) is 18.1. The van der Waals surface area contributed by atoms with Crippen molar-refractivity contribution in [1.29, 1.82) is 0 Å². The summed E-state index contributed by atoms with van der Waals surface area (Å²) in [7, 11) is 0. The Hall–Kier alpha value is -2.65. The first kappa shape index (κ1) is 19.7. The van der Waals surface area contributed by atoms with E-state index in [1.54, 1.807) is 36.4 Å². The Labute approximate surface area is 158 Å². The summed E-state index contributed by atoms with van der Waals surface area (Å²) in [6, 6.07) is 5.37. The van der Waals surface area contributed by atoms with Crippen LogP contribution in [-0.2, 0) is 14.4 Å². The number of carbonyl (C=O) groups excluding carboxylic acids is 1. The summed E-state index contributed by atoms with van der Waals surface area (Å²) in [6.45, 7) is 3.93. The van der Waals surface area contributed by atoms with E-state index in [9.17, 15) is 19.5 Å². The predicted octanol–water partition coefficient (Wildman–Crippen LogP) is 2.38. The first-order valence-corrected chi connectivity index (χ1v) is 8.61. The van der Waals surface area contributed by atoms with Crippen molar-refractivity contribution in [2.24, 2.45) is 0 Å². The Kier molecular flexibility index (Phi) is 6.53. The molecule has 1 fully saturated rings. The molecule has 1 aliphatic rings. The maximum Gasteiger partial charge on any atom is 0.327 e. The third-order valence-corrected chi connectivity index (χ3v) is 4.66. The van der Waals surface area contributed by atoms with Gasteiger partial charge in [0.15, 0.2) is 0 Å². The Morgan fingerprint density at radius 2 is 1.96 bits per heavy atom. The van der Waals surface area contributed by atoms with Crippen molar-refractivity contribution in [3.05, 3.63) is 47.4 Å². The molecule has 0 aromatic heterocycles. The second-order valence-electron chi connectivity index (χ2n) is 5.17. The van der Waals surface area contributed by atoms with Crippen molar-refractivity contribution in [2.45, 2.75) is 12.5 Å². The van der Waals surface area contributed by atoms with E-state index in [1.807, 2.05) is 0 Å². The summed E-state index contributed by atoms with van der Waals surface area (Å²) in [4.78, 5) is 35.8. The summed E-state index contributed by atoms with van der Waals surface area (Å²) in [5.74, 6) is -2.73. The molecule has 1 aromatic carbocycles. The first-order valence-electron chi connectivity index (χ1n) is 7.39. The SMILES string of the molecule is C=CCOc1ccc(/C=C2/SC(=S)N([C@@H](CC(=O)O)C(=O)O)C2=O)cc1. The molecule has 9 heteroatoms. The van der Waals surface area contributed by atoms with Crippen LogP contribution in [0.25, 0.3) is 6.08 Å². The van der Waals surface area contributed by atoms with E-state index in [2.05, 4.69) is 6.58 Å². The standard InChI is InChI=1S/C17H15NO6S2/c1-2-7-24-11-5-3-10(4-6-11)8-13-15(21)18(17(25)26-13)12(16(22)23)9-14(19)20/h2-6,8,12H,1,7,9H2,(H,19,20)(H,22,23)/b13-8+/t12-/m0/s1. The van der Waals surface area contributed by atoms with Crippen LogP contribution in [0.1, 0.15) is 12.0 Å². The summed E-state index contributed by atoms with van der Waals surface area (Å²) >= 11 is 6.01. The second-order valence-corrected chi connectivity index (χ2v) is 6.85. The van der Waals surface area contributed by atoms with Crippen LogP contribution >= 0.6 is 24.0 Å². The van der Waals surface area contributed by atoms with Gasteiger partial charge in [0.2, 0.25) is 0 Å². The highest BCUT2D eigenvalue weighted by Gasteiger charge is 2.41. The molecule has 0 bridgehead atoms. The quantitative estimate of drug-likeness (QED) is 0.394. The van der Waals surface area contributed by atoms with Gasteiger partial charge in [0.1, 0.15) is 22.7 Å². The smallest absolute Gasteiger partial charge is 0.327 e. The van der Waals surface area contributed by atoms with E-state index in [4.69, 9.17) is 22.1 Å². The number of carboxylic acids is 2. The Morgan fingerprint density at radius 3 is 2.50 bits per heavy atom. The van der Waals surface area contributed by atoms with Crippen molar-refractivity contribution in [3.63, 3.8) is 0 Å². The molecule has 1 heterocycles. The summed E-state index contributed by atoms with van der Waals surface area (Å²) in [5.41, 5.74) is 0.696. The molecule has 1 aromatic rings. The van der Waals surface area contributed by atoms with Crippen molar-refractivity contribution in [1.82, 2.24) is 4.90 Å². The number of amides is 1. The third kappa shape index (κ3) is 4.70. The Balaban J connectivity index is 2.21. The molecule has 26 heavy (non-hydrogen) atoms. The molecule has 1 aliphatic heterocycles. The minimum Gasteiger partial charge on any atom is -0.490 e. The summed E-state index contributed by atoms with van der Waals surface area (Å²) in [6.07, 6.45) is 2.45. The lowest BCUT2D eigenvalue weighted by Gasteiger charge is -2.21. The van der Waals surface area contributed by atoms with Gasteiger partial charge in [0.05, 0.1) is 11.3 Å². The molecule has 7 nitrogen and oxygen atoms in total. The monoisotopic (exact) mass is 393 g/mol. The number of thioether (sulfide) groups is 1. The molecule has 0 saturated carbocycles. The first-order chi connectivity index (χ1) is 12.3. The van der Waals surface area contributed by atoms with E-state index >= 15 is 0 Å². The van der Waals surface area contributed by atoms with E-state index in [0.29, 0.717) is 17.9 Å². The normalized spacial score (nSPS) is 16.6. The minimum atomic E-state index is -1.54. The number of nitrogens with zero attached hydrogens (tertiary/aromatic N) is 1. The number of hydrogen-bond donors (Lipinski definition) is 2. The predicted molar refractivity (Wildman–Crippen MR) is 101 cm³/mol. The van der Waals surface area contributed by atoms with Crippen molar-refractivity contribution in [2.75, 3.05) is 6.61 Å². The second kappa shape index (κ2) is 8.63. The average Bonchev–Trinajstić information content (AvgIpc) is 2.85. The van der Waals surface area contributed by atoms with Gasteiger partial charge in [-0.25, -0.2) is 4.79 Å². The van der Waals surface area contributed by atoms with Crippen LogP contribution in [0.5, 0.6) is 5.75 Å². The van der Waals surface area contributed by atoms with Gasteiger partial charge >= 0.3 is 11.9 Å². The highest BCUT2D eigenvalue weighted by molar-refractivity contribution is 8.26. The maximum atomic E-state index is 12.5. The van der Waals surface area contributed by atoms with Crippen LogP contribution in [0, 0.1) is 0 Å². The van der Waals surface area contributed by atoms with Crippen LogP contribution < -0.4 is 4.74 Å². The molecule has 0 radical (unpaired) electrons. The highest BCUT2D eigenvalue weighted by atomic mass is 32.2. The van der Waals surface area contributed by atoms with Crippen molar-refractivity contribution in [3.8, 4) is 5.75 Å². The third-order valence-electron chi connectivity index (χ3n) is 3.33. The van der Waals surface area contributed by atoms with Gasteiger partial charge in [-0.2, -0.15) is 0 Å². The zero-order valence-electron chi connectivity index (χ0n) is 13.5. The van der Waals surface area contributed by atoms with E-state index in [1.165, 1.54) is 0 Å². The molecular formula is C17H15NO6S2. The molecule has 1 amide bonds. The van der Waals surface area contributed by atoms with Gasteiger partial charge in [-0.05, 0) is 23.8 Å². The van der Waals surface area contributed by atoms with E-state index in [0.717, 1.165) is 16.7 Å². The van der Waals surface area contributed by atoms with Crippen LogP contribution in [-0.4, -0.2) is 49.9 Å². The fraction of sp³-hybridized carbons (Fsp3) is 0.176. The number of rotatable bonds is 8. The van der Waals surface area contributed by atoms with Crippen molar-refractivity contribution >= 4 is 52.2 Å². The molecule has 1 atom stereocenters. The lowest BCUT2D eigenvalue weighted by atomic mass is 10.1. The molecule has 1 saturated heterocycles. The fourth-order valence-electron chi connectivity index (χ4n) is 2.17. The number of thiocarbonyl (C=S) groups is 1. The summed E-state index contributed by atoms with van der Waals surface area (Å²) < 4.78 is 5.38. The van der Waals surface area contributed by atoms with Gasteiger partial charge in [-0.1, -0.05) is 48.8 Å². The lowest BCUT2D eigenvalue weighted by molar-refractivity contribution is -0.150. The lowest BCUT2D eigenvalue weighted by Crippen LogP contribution is -2.45. The van der Waals surface area contributed by atoms with Crippen LogP contribution in [0.3, 0.4) is 0 Å². The van der Waals surface area contributed by atoms with Gasteiger partial charge in [0, 0.05) is 0 Å². The fourth-order valence-corrected chi connectivity index (χ4v) is 3.53. The minimum absolute atomic E-state index is 0.0147. The molecule has 0 spiro atoms. The van der Waals surface area contributed by atoms with Gasteiger partial charge in [0.25, 0.3) is 5.91 Å². The Morgan fingerprint density at radius 1 is 1.31 bits per heavy atom. The largest absolute Gasteiger partial charge is 0.490 e. The number of benzene rings is 1. The molecule has 0 unspecified atom stereocenters. The molecule has 2 rings (SSSR count). The molecule has 2 N–H and O–H groups in total. The number of ether oxygens (including phenoxy) is 1. The molecule has 136 valence electrons. The van der Waals surface area contributed by atoms with Crippen LogP contribution in [0.2, 0.25) is 0 Å². The average molecular weight is 393 g/mol. The highest BCUT2D eigenvalue weighted by Crippen LogP contribution is 2.34. The van der Waals surface area contributed by atoms with Crippen LogP contribution in [0.15, 0.2) is 41.8 Å². The zero-order valence-corrected chi connectivity index (χ0v) is 15.1. The van der Waals surface area contributed by atoms with E-state index < -0.39 is 30.3 Å². The topological polar surface area (TPSA) is 104 Å². The van der Waals surface area contributed by atoms with Crippen LogP contribution in [0.4, 0.5) is 0 Å². The molecule has 0 aliphatic carbocycles. The van der Waals surface area contributed by atoms with Crippen molar-refractivity contribution < 1.29 is 29.3 Å². The van der Waals surface area contributed by atoms with Gasteiger partial charge in [-0.15, -0.1) is 0 Å². The Bertz CT molecular complexity index is 787.